The van der Waals surface area contributed by atoms with Gasteiger partial charge in [0, 0.05) is 18.0 Å². The van der Waals surface area contributed by atoms with Gasteiger partial charge in [-0.25, -0.2) is 8.42 Å². The molecule has 3 nitrogen and oxygen atoms in total. The van der Waals surface area contributed by atoms with Crippen LogP contribution in [0.25, 0.3) is 0 Å². The van der Waals surface area contributed by atoms with Gasteiger partial charge in [0.2, 0.25) is 10.0 Å². The predicted octanol–water partition coefficient (Wildman–Crippen LogP) is 4.02. The van der Waals surface area contributed by atoms with Crippen LogP contribution in [0.4, 0.5) is 0 Å². The molecule has 1 aromatic heterocycles. The van der Waals surface area contributed by atoms with Gasteiger partial charge in [-0.1, -0.05) is 19.8 Å². The van der Waals surface area contributed by atoms with E-state index in [0.717, 1.165) is 21.5 Å². The fraction of sp³-hybridized carbons (Fsp3) is 0.692. The molecule has 1 aliphatic heterocycles. The lowest BCUT2D eigenvalue weighted by Gasteiger charge is -2.31. The first-order valence-electron chi connectivity index (χ1n) is 6.71. The Bertz CT molecular complexity index is 531. The van der Waals surface area contributed by atoms with Crippen LogP contribution in [0.3, 0.4) is 0 Å². The molecule has 0 saturated carbocycles. The van der Waals surface area contributed by atoms with Crippen molar-refractivity contribution in [2.75, 3.05) is 13.1 Å². The van der Waals surface area contributed by atoms with E-state index >= 15 is 0 Å². The Morgan fingerprint density at radius 2 is 2.05 bits per heavy atom. The molecule has 1 fully saturated rings. The monoisotopic (exact) mass is 365 g/mol. The van der Waals surface area contributed by atoms with Crippen LogP contribution in [0.2, 0.25) is 0 Å². The van der Waals surface area contributed by atoms with Crippen LogP contribution >= 0.6 is 27.3 Å². The lowest BCUT2D eigenvalue weighted by molar-refractivity contribution is 0.262. The van der Waals surface area contributed by atoms with E-state index in [1.807, 2.05) is 6.92 Å². The topological polar surface area (TPSA) is 37.4 Å². The summed E-state index contributed by atoms with van der Waals surface area (Å²) in [4.78, 5) is 1.33. The highest BCUT2D eigenvalue weighted by Crippen LogP contribution is 2.33. The number of hydrogen-bond donors (Lipinski definition) is 0. The third kappa shape index (κ3) is 3.40. The molecule has 6 heteroatoms. The van der Waals surface area contributed by atoms with Gasteiger partial charge in [-0.05, 0) is 47.7 Å². The molecule has 0 unspecified atom stereocenters. The van der Waals surface area contributed by atoms with E-state index in [-0.39, 0.29) is 0 Å². The molecule has 0 aliphatic carbocycles. The summed E-state index contributed by atoms with van der Waals surface area (Å²) in [7, 11) is -3.30. The minimum Gasteiger partial charge on any atom is -0.207 e. The largest absolute Gasteiger partial charge is 0.244 e. The molecule has 2 rings (SSSR count). The predicted molar refractivity (Wildman–Crippen MR) is 83.1 cm³/mol. The number of hydrogen-bond acceptors (Lipinski definition) is 3. The maximum atomic E-state index is 12.6. The van der Waals surface area contributed by atoms with Crippen LogP contribution in [0.5, 0.6) is 0 Å². The maximum Gasteiger partial charge on any atom is 0.244 e. The van der Waals surface area contributed by atoms with E-state index in [2.05, 4.69) is 22.9 Å². The summed E-state index contributed by atoms with van der Waals surface area (Å²) in [6.45, 7) is 5.39. The fourth-order valence-electron chi connectivity index (χ4n) is 2.67. The lowest BCUT2D eigenvalue weighted by atomic mass is 9.94. The molecule has 0 N–H and O–H groups in total. The van der Waals surface area contributed by atoms with E-state index in [9.17, 15) is 8.42 Å². The molecule has 19 heavy (non-hydrogen) atoms. The number of sulfonamides is 1. The van der Waals surface area contributed by atoms with E-state index in [1.165, 1.54) is 24.2 Å². The maximum absolute atomic E-state index is 12.6. The molecule has 0 aromatic carbocycles. The van der Waals surface area contributed by atoms with Crippen LogP contribution in [0, 0.1) is 12.8 Å². The van der Waals surface area contributed by atoms with E-state index in [0.29, 0.717) is 23.9 Å². The Balaban J connectivity index is 2.12. The van der Waals surface area contributed by atoms with Gasteiger partial charge in [-0.2, -0.15) is 4.31 Å². The van der Waals surface area contributed by atoms with Crippen molar-refractivity contribution in [2.24, 2.45) is 5.92 Å². The molecule has 0 spiro atoms. The summed E-state index contributed by atoms with van der Waals surface area (Å²) < 4.78 is 27.7. The number of nitrogens with zero attached hydrogens (tertiary/aromatic N) is 1. The highest BCUT2D eigenvalue weighted by Gasteiger charge is 2.30. The van der Waals surface area contributed by atoms with Crippen molar-refractivity contribution < 1.29 is 8.42 Å². The first kappa shape index (κ1) is 15.5. The zero-order valence-electron chi connectivity index (χ0n) is 11.4. The van der Waals surface area contributed by atoms with Crippen LogP contribution in [-0.2, 0) is 10.0 Å². The van der Waals surface area contributed by atoms with E-state index in [1.54, 1.807) is 10.4 Å². The second-order valence-electron chi connectivity index (χ2n) is 5.11. The minimum atomic E-state index is -3.30. The van der Waals surface area contributed by atoms with Crippen molar-refractivity contribution in [3.8, 4) is 0 Å². The van der Waals surface area contributed by atoms with Crippen molar-refractivity contribution in [3.63, 3.8) is 0 Å². The lowest BCUT2D eigenvalue weighted by Crippen LogP contribution is -2.38. The molecule has 1 aliphatic rings. The minimum absolute atomic E-state index is 0.471. The first-order valence-corrected chi connectivity index (χ1v) is 9.76. The summed E-state index contributed by atoms with van der Waals surface area (Å²) >= 11 is 4.84. The van der Waals surface area contributed by atoms with Crippen LogP contribution in [0.1, 0.15) is 37.5 Å². The van der Waals surface area contributed by atoms with Gasteiger partial charge in [0.25, 0.3) is 0 Å². The van der Waals surface area contributed by atoms with Gasteiger partial charge in [0.1, 0.15) is 0 Å². The third-order valence-corrected chi connectivity index (χ3v) is 7.44. The number of aryl methyl sites for hydroxylation is 1. The van der Waals surface area contributed by atoms with Crippen molar-refractivity contribution in [1.29, 1.82) is 0 Å². The standard InChI is InChI=1S/C13H20BrNO2S2/c1-3-4-11-5-7-15(8-6-11)19(16,17)12-9-13(14)18-10(12)2/h9,11H,3-8H2,1-2H3. The van der Waals surface area contributed by atoms with Gasteiger partial charge < -0.3 is 0 Å². The van der Waals surface area contributed by atoms with Crippen molar-refractivity contribution in [1.82, 2.24) is 4.31 Å². The second-order valence-corrected chi connectivity index (χ2v) is 9.65. The summed E-state index contributed by atoms with van der Waals surface area (Å²) in [5.74, 6) is 0.701. The number of piperidine rings is 1. The second kappa shape index (κ2) is 6.24. The molecule has 2 heterocycles. The van der Waals surface area contributed by atoms with E-state index < -0.39 is 10.0 Å². The highest BCUT2D eigenvalue weighted by molar-refractivity contribution is 9.11. The molecule has 0 atom stereocenters. The normalized spacial score (nSPS) is 18.9. The average Bonchev–Trinajstić information content (AvgIpc) is 2.70. The first-order chi connectivity index (χ1) is 8.95. The van der Waals surface area contributed by atoms with Gasteiger partial charge in [-0.15, -0.1) is 11.3 Å². The molecular formula is C13H20BrNO2S2. The Hall–Kier alpha value is 0.0900. The third-order valence-electron chi connectivity index (χ3n) is 3.73. The zero-order chi connectivity index (χ0) is 14.0. The number of thiophene rings is 1. The highest BCUT2D eigenvalue weighted by atomic mass is 79.9. The van der Waals surface area contributed by atoms with E-state index in [4.69, 9.17) is 0 Å². The van der Waals surface area contributed by atoms with Gasteiger partial charge >= 0.3 is 0 Å². The number of rotatable bonds is 4. The molecule has 0 bridgehead atoms. The molecule has 108 valence electrons. The quantitative estimate of drug-likeness (QED) is 0.807. The molecule has 1 saturated heterocycles. The zero-order valence-corrected chi connectivity index (χ0v) is 14.6. The van der Waals surface area contributed by atoms with Crippen molar-refractivity contribution >= 4 is 37.3 Å². The average molecular weight is 366 g/mol. The molecular weight excluding hydrogens is 346 g/mol. The summed E-state index contributed by atoms with van der Waals surface area (Å²) in [6, 6.07) is 1.73. The van der Waals surface area contributed by atoms with Gasteiger partial charge in [0.05, 0.1) is 8.68 Å². The Kier molecular flexibility index (Phi) is 5.09. The Morgan fingerprint density at radius 1 is 1.42 bits per heavy atom. The SMILES string of the molecule is CCCC1CCN(S(=O)(=O)c2cc(Br)sc2C)CC1. The van der Waals surface area contributed by atoms with Crippen LogP contribution < -0.4 is 0 Å². The molecule has 0 radical (unpaired) electrons. The van der Waals surface area contributed by atoms with Crippen molar-refractivity contribution in [2.45, 2.75) is 44.4 Å². The van der Waals surface area contributed by atoms with Gasteiger partial charge in [-0.3, -0.25) is 0 Å². The molecule has 0 amide bonds. The van der Waals surface area contributed by atoms with Crippen LogP contribution in [0.15, 0.2) is 14.7 Å². The fourth-order valence-corrected chi connectivity index (χ4v) is 6.53. The number of halogens is 1. The summed E-state index contributed by atoms with van der Waals surface area (Å²) in [5, 5.41) is 0. The summed E-state index contributed by atoms with van der Waals surface area (Å²) in [6.07, 6.45) is 4.40. The Morgan fingerprint density at radius 3 is 2.53 bits per heavy atom. The smallest absolute Gasteiger partial charge is 0.207 e. The van der Waals surface area contributed by atoms with Crippen LogP contribution in [-0.4, -0.2) is 25.8 Å². The van der Waals surface area contributed by atoms with Gasteiger partial charge in [0.15, 0.2) is 0 Å². The summed E-state index contributed by atoms with van der Waals surface area (Å²) in [5.41, 5.74) is 0. The Labute approximate surface area is 128 Å². The molecule has 1 aromatic rings. The van der Waals surface area contributed by atoms with Crippen molar-refractivity contribution in [3.05, 3.63) is 14.7 Å².